The molecule has 2 N–H and O–H groups in total. The summed E-state index contributed by atoms with van der Waals surface area (Å²) in [6.07, 6.45) is -3.89. The maximum absolute atomic E-state index is 12.5. The Balaban J connectivity index is 3.06. The van der Waals surface area contributed by atoms with Crippen LogP contribution in [-0.4, -0.2) is 6.04 Å². The van der Waals surface area contributed by atoms with Gasteiger partial charge in [0.05, 0.1) is 5.56 Å². The van der Waals surface area contributed by atoms with Crippen molar-refractivity contribution < 1.29 is 13.2 Å². The van der Waals surface area contributed by atoms with Crippen LogP contribution in [0.2, 0.25) is 0 Å². The molecule has 0 heterocycles. The third-order valence-corrected chi connectivity index (χ3v) is 2.59. The molecule has 0 saturated carbocycles. The molecule has 5 heteroatoms. The Hall–Kier alpha value is -0.550. The van der Waals surface area contributed by atoms with Crippen LogP contribution in [0.3, 0.4) is 0 Å². The van der Waals surface area contributed by atoms with Crippen LogP contribution in [-0.2, 0) is 12.6 Å². The number of hydrogen-bond acceptors (Lipinski definition) is 1. The minimum atomic E-state index is -4.33. The van der Waals surface area contributed by atoms with Gasteiger partial charge in [-0.2, -0.15) is 13.2 Å². The van der Waals surface area contributed by atoms with Gasteiger partial charge in [0.25, 0.3) is 0 Å². The van der Waals surface area contributed by atoms with Gasteiger partial charge in [0.1, 0.15) is 0 Å². The van der Waals surface area contributed by atoms with Gasteiger partial charge >= 0.3 is 6.18 Å². The number of halogens is 4. The molecule has 1 aromatic rings. The molecular weight excluding hydrogens is 271 g/mol. The molecule has 1 rings (SSSR count). The van der Waals surface area contributed by atoms with Crippen molar-refractivity contribution in [3.63, 3.8) is 0 Å². The second kappa shape index (κ2) is 4.53. The van der Waals surface area contributed by atoms with Gasteiger partial charge < -0.3 is 5.73 Å². The van der Waals surface area contributed by atoms with Crippen LogP contribution >= 0.6 is 15.9 Å². The Morgan fingerprint density at radius 2 is 2.00 bits per heavy atom. The molecule has 0 aliphatic carbocycles. The van der Waals surface area contributed by atoms with E-state index in [1.54, 1.807) is 13.0 Å². The number of benzene rings is 1. The molecule has 1 atom stereocenters. The molecule has 0 unspecified atom stereocenters. The van der Waals surface area contributed by atoms with Gasteiger partial charge in [-0.25, -0.2) is 0 Å². The smallest absolute Gasteiger partial charge is 0.328 e. The van der Waals surface area contributed by atoms with Gasteiger partial charge in [-0.15, -0.1) is 0 Å². The third kappa shape index (κ3) is 3.50. The molecule has 0 aromatic heterocycles. The zero-order valence-corrected chi connectivity index (χ0v) is 9.69. The van der Waals surface area contributed by atoms with Crippen molar-refractivity contribution in [2.75, 3.05) is 0 Å². The van der Waals surface area contributed by atoms with Crippen molar-refractivity contribution in [3.8, 4) is 0 Å². The second-order valence-corrected chi connectivity index (χ2v) is 4.35. The maximum Gasteiger partial charge on any atom is 0.417 e. The van der Waals surface area contributed by atoms with E-state index in [2.05, 4.69) is 15.9 Å². The van der Waals surface area contributed by atoms with Gasteiger partial charge in [-0.05, 0) is 31.0 Å². The highest BCUT2D eigenvalue weighted by Crippen LogP contribution is 2.35. The molecule has 0 fully saturated rings. The minimum Gasteiger partial charge on any atom is -0.328 e. The lowest BCUT2D eigenvalue weighted by Crippen LogP contribution is -2.18. The van der Waals surface area contributed by atoms with Crippen molar-refractivity contribution in [1.82, 2.24) is 0 Å². The fourth-order valence-electron chi connectivity index (χ4n) is 1.29. The van der Waals surface area contributed by atoms with E-state index in [-0.39, 0.29) is 10.5 Å². The largest absolute Gasteiger partial charge is 0.417 e. The Morgan fingerprint density at radius 3 is 2.47 bits per heavy atom. The summed E-state index contributed by atoms with van der Waals surface area (Å²) in [6, 6.07) is 4.03. The van der Waals surface area contributed by atoms with Crippen LogP contribution in [0.1, 0.15) is 18.1 Å². The van der Waals surface area contributed by atoms with Crippen LogP contribution in [0.25, 0.3) is 0 Å². The molecule has 84 valence electrons. The summed E-state index contributed by atoms with van der Waals surface area (Å²) >= 11 is 2.88. The van der Waals surface area contributed by atoms with Gasteiger partial charge in [0.2, 0.25) is 0 Å². The normalized spacial score (nSPS) is 14.0. The summed E-state index contributed by atoms with van der Waals surface area (Å²) in [5.74, 6) is 0. The van der Waals surface area contributed by atoms with E-state index in [1.807, 2.05) is 0 Å². The van der Waals surface area contributed by atoms with Crippen LogP contribution in [0.15, 0.2) is 22.7 Å². The first-order chi connectivity index (χ1) is 6.80. The lowest BCUT2D eigenvalue weighted by molar-refractivity contribution is -0.138. The Labute approximate surface area is 94.6 Å². The van der Waals surface area contributed by atoms with Crippen molar-refractivity contribution in [1.29, 1.82) is 0 Å². The number of hydrogen-bond donors (Lipinski definition) is 1. The second-order valence-electron chi connectivity index (χ2n) is 3.49. The molecule has 1 nitrogen and oxygen atoms in total. The van der Waals surface area contributed by atoms with E-state index in [1.165, 1.54) is 6.07 Å². The van der Waals surface area contributed by atoms with E-state index in [9.17, 15) is 13.2 Å². The Morgan fingerprint density at radius 1 is 1.40 bits per heavy atom. The highest BCUT2D eigenvalue weighted by molar-refractivity contribution is 9.10. The summed E-state index contributed by atoms with van der Waals surface area (Å²) in [4.78, 5) is 0. The van der Waals surface area contributed by atoms with E-state index < -0.39 is 11.7 Å². The molecule has 0 radical (unpaired) electrons. The molecular formula is C10H11BrF3N. The van der Waals surface area contributed by atoms with Crippen LogP contribution in [0.4, 0.5) is 13.2 Å². The van der Waals surface area contributed by atoms with Crippen molar-refractivity contribution in [2.45, 2.75) is 25.6 Å². The van der Waals surface area contributed by atoms with Crippen LogP contribution in [0.5, 0.6) is 0 Å². The van der Waals surface area contributed by atoms with Crippen molar-refractivity contribution >= 4 is 15.9 Å². The first-order valence-electron chi connectivity index (χ1n) is 4.42. The minimum absolute atomic E-state index is 0.0587. The SMILES string of the molecule is C[C@@H](N)Cc1ccc(Br)c(C(F)(F)F)c1. The average molecular weight is 282 g/mol. The first-order valence-corrected chi connectivity index (χ1v) is 5.21. The van der Waals surface area contributed by atoms with Gasteiger partial charge in [-0.1, -0.05) is 22.0 Å². The highest BCUT2D eigenvalue weighted by atomic mass is 79.9. The third-order valence-electron chi connectivity index (χ3n) is 1.89. The van der Waals surface area contributed by atoms with Crippen LogP contribution in [0, 0.1) is 0 Å². The number of alkyl halides is 3. The summed E-state index contributed by atoms with van der Waals surface area (Å²) < 4.78 is 37.6. The highest BCUT2D eigenvalue weighted by Gasteiger charge is 2.33. The topological polar surface area (TPSA) is 26.0 Å². The lowest BCUT2D eigenvalue weighted by Gasteiger charge is -2.12. The van der Waals surface area contributed by atoms with E-state index in [4.69, 9.17) is 5.73 Å². The van der Waals surface area contributed by atoms with Gasteiger partial charge in [-0.3, -0.25) is 0 Å². The summed E-state index contributed by atoms with van der Waals surface area (Å²) in [5.41, 5.74) is 5.47. The monoisotopic (exact) mass is 281 g/mol. The zero-order chi connectivity index (χ0) is 11.6. The molecule has 0 bridgehead atoms. The van der Waals surface area contributed by atoms with Crippen LogP contribution < -0.4 is 5.73 Å². The van der Waals surface area contributed by atoms with E-state index in [0.29, 0.717) is 12.0 Å². The van der Waals surface area contributed by atoms with Crippen molar-refractivity contribution in [2.24, 2.45) is 5.73 Å². The first kappa shape index (κ1) is 12.5. The molecule has 0 saturated heterocycles. The van der Waals surface area contributed by atoms with Gasteiger partial charge in [0.15, 0.2) is 0 Å². The lowest BCUT2D eigenvalue weighted by atomic mass is 10.0. The van der Waals surface area contributed by atoms with E-state index >= 15 is 0 Å². The van der Waals surface area contributed by atoms with E-state index in [0.717, 1.165) is 6.07 Å². The maximum atomic E-state index is 12.5. The molecule has 0 amide bonds. The molecule has 0 spiro atoms. The Kier molecular flexibility index (Phi) is 3.78. The number of nitrogens with two attached hydrogens (primary N) is 1. The summed E-state index contributed by atoms with van der Waals surface area (Å²) in [7, 11) is 0. The molecule has 0 aliphatic heterocycles. The number of rotatable bonds is 2. The predicted octanol–water partition coefficient (Wildman–Crippen LogP) is 3.36. The fourth-order valence-corrected chi connectivity index (χ4v) is 1.76. The zero-order valence-electron chi connectivity index (χ0n) is 8.11. The fraction of sp³-hybridized carbons (Fsp3) is 0.400. The summed E-state index contributed by atoms with van der Waals surface area (Å²) in [6.45, 7) is 1.76. The standard InChI is InChI=1S/C10H11BrF3N/c1-6(15)4-7-2-3-9(11)8(5-7)10(12,13)14/h2-3,5-6H,4,15H2,1H3/t6-/m1/s1. The quantitative estimate of drug-likeness (QED) is 0.884. The molecule has 0 aliphatic rings. The Bertz CT molecular complexity index is 347. The van der Waals surface area contributed by atoms with Crippen molar-refractivity contribution in [3.05, 3.63) is 33.8 Å². The van der Waals surface area contributed by atoms with Gasteiger partial charge in [0, 0.05) is 10.5 Å². The molecule has 1 aromatic carbocycles. The molecule has 15 heavy (non-hydrogen) atoms. The summed E-state index contributed by atoms with van der Waals surface area (Å²) in [5, 5.41) is 0. The predicted molar refractivity (Wildman–Crippen MR) is 56.5 cm³/mol. The average Bonchev–Trinajstić information content (AvgIpc) is 2.05.